The third kappa shape index (κ3) is 4.48. The summed E-state index contributed by atoms with van der Waals surface area (Å²) in [7, 11) is -3.73. The summed E-state index contributed by atoms with van der Waals surface area (Å²) in [4.78, 5) is 25.3. The second kappa shape index (κ2) is 8.20. The molecule has 0 saturated carbocycles. The van der Waals surface area contributed by atoms with Crippen LogP contribution in [0.1, 0.15) is 31.4 Å². The molecular formula is C21H24N2O4S2. The second-order valence-electron chi connectivity index (χ2n) is 7.26. The van der Waals surface area contributed by atoms with Gasteiger partial charge in [0.25, 0.3) is 0 Å². The van der Waals surface area contributed by atoms with Crippen molar-refractivity contribution in [3.05, 3.63) is 47.5 Å². The van der Waals surface area contributed by atoms with Crippen LogP contribution >= 0.6 is 11.8 Å². The topological polar surface area (TPSA) is 92.3 Å². The number of benzene rings is 2. The zero-order valence-corrected chi connectivity index (χ0v) is 18.4. The maximum Gasteiger partial charge on any atom is 0.237 e. The molecule has 2 aromatic carbocycles. The predicted molar refractivity (Wildman–Crippen MR) is 116 cm³/mol. The molecular weight excluding hydrogens is 408 g/mol. The molecule has 29 heavy (non-hydrogen) atoms. The Kier molecular flexibility index (Phi) is 6.05. The largest absolute Gasteiger partial charge is 0.326 e. The Labute approximate surface area is 175 Å². The summed E-state index contributed by atoms with van der Waals surface area (Å²) in [5.74, 6) is -0.511. The first-order chi connectivity index (χ1) is 13.6. The first kappa shape index (κ1) is 21.4. The van der Waals surface area contributed by atoms with Crippen molar-refractivity contribution >= 4 is 44.8 Å². The van der Waals surface area contributed by atoms with Crippen LogP contribution in [0.4, 0.5) is 11.4 Å². The second-order valence-corrected chi connectivity index (χ2v) is 11.0. The van der Waals surface area contributed by atoms with Gasteiger partial charge in [-0.3, -0.25) is 9.59 Å². The maximum absolute atomic E-state index is 13.0. The molecule has 0 aliphatic carbocycles. The molecule has 2 atom stereocenters. The Morgan fingerprint density at radius 3 is 2.69 bits per heavy atom. The molecule has 0 aromatic heterocycles. The van der Waals surface area contributed by atoms with E-state index in [2.05, 4.69) is 10.6 Å². The van der Waals surface area contributed by atoms with Gasteiger partial charge in [-0.15, -0.1) is 11.8 Å². The molecule has 1 heterocycles. The van der Waals surface area contributed by atoms with Gasteiger partial charge in [-0.05, 0) is 63.1 Å². The van der Waals surface area contributed by atoms with Gasteiger partial charge in [0.2, 0.25) is 11.8 Å². The minimum absolute atomic E-state index is 0.0961. The highest BCUT2D eigenvalue weighted by atomic mass is 32.2. The smallest absolute Gasteiger partial charge is 0.237 e. The quantitative estimate of drug-likeness (QED) is 0.747. The summed E-state index contributed by atoms with van der Waals surface area (Å²) in [5, 5.41) is 4.41. The fourth-order valence-corrected chi connectivity index (χ4v) is 5.36. The Hall–Kier alpha value is -2.32. The van der Waals surface area contributed by atoms with Crippen LogP contribution in [0.2, 0.25) is 0 Å². The molecule has 0 unspecified atom stereocenters. The molecule has 3 rings (SSSR count). The first-order valence-corrected chi connectivity index (χ1v) is 11.7. The van der Waals surface area contributed by atoms with Crippen molar-refractivity contribution in [2.45, 2.75) is 54.4 Å². The highest BCUT2D eigenvalue weighted by Gasteiger charge is 2.29. The summed E-state index contributed by atoms with van der Waals surface area (Å²) >= 11 is 1.39. The summed E-state index contributed by atoms with van der Waals surface area (Å²) in [6.07, 6.45) is -0.162. The molecule has 0 saturated heterocycles. The SMILES string of the molecule is Cc1cccc(NC(=O)C[C@H](C)S(=O)(=O)c2ccc3c(c2)NC(=O)[C@H](C)S3)c1C. The molecule has 6 nitrogen and oxygen atoms in total. The van der Waals surface area contributed by atoms with Gasteiger partial charge in [-0.25, -0.2) is 8.42 Å². The Balaban J connectivity index is 1.75. The molecule has 0 fully saturated rings. The standard InChI is InChI=1S/C21H24N2O4S2/c1-12-6-5-7-17(14(12)3)22-20(24)10-13(2)29(26,27)16-8-9-19-18(11-16)23-21(25)15(4)28-19/h5-9,11,13,15H,10H2,1-4H3,(H,22,24)(H,23,25)/t13-,15-/m0/s1. The Morgan fingerprint density at radius 1 is 1.24 bits per heavy atom. The van der Waals surface area contributed by atoms with E-state index >= 15 is 0 Å². The van der Waals surface area contributed by atoms with Gasteiger partial charge in [-0.2, -0.15) is 0 Å². The number of hydrogen-bond acceptors (Lipinski definition) is 5. The van der Waals surface area contributed by atoms with Crippen LogP contribution in [-0.4, -0.2) is 30.7 Å². The summed E-state index contributed by atoms with van der Waals surface area (Å²) in [6, 6.07) is 10.3. The van der Waals surface area contributed by atoms with Gasteiger partial charge < -0.3 is 10.6 Å². The first-order valence-electron chi connectivity index (χ1n) is 9.31. The molecule has 0 radical (unpaired) electrons. The summed E-state index contributed by atoms with van der Waals surface area (Å²) < 4.78 is 25.9. The van der Waals surface area contributed by atoms with Gasteiger partial charge in [0, 0.05) is 17.0 Å². The van der Waals surface area contributed by atoms with Crippen molar-refractivity contribution in [1.29, 1.82) is 0 Å². The van der Waals surface area contributed by atoms with Crippen LogP contribution in [0.5, 0.6) is 0 Å². The number of thioether (sulfide) groups is 1. The number of fused-ring (bicyclic) bond motifs is 1. The van der Waals surface area contributed by atoms with E-state index in [1.165, 1.54) is 30.8 Å². The molecule has 154 valence electrons. The number of sulfone groups is 1. The lowest BCUT2D eigenvalue weighted by molar-refractivity contribution is -0.116. The number of rotatable bonds is 5. The van der Waals surface area contributed by atoms with E-state index in [-0.39, 0.29) is 28.4 Å². The van der Waals surface area contributed by atoms with Crippen molar-refractivity contribution < 1.29 is 18.0 Å². The normalized spacial score (nSPS) is 17.2. The van der Waals surface area contributed by atoms with Crippen LogP contribution in [0.25, 0.3) is 0 Å². The van der Waals surface area contributed by atoms with Gasteiger partial charge in [0.05, 0.1) is 21.1 Å². The highest BCUT2D eigenvalue weighted by molar-refractivity contribution is 8.01. The zero-order chi connectivity index (χ0) is 21.3. The predicted octanol–water partition coefficient (Wildman–Crippen LogP) is 3.93. The lowest BCUT2D eigenvalue weighted by atomic mass is 10.1. The number of aryl methyl sites for hydroxylation is 1. The fraction of sp³-hybridized carbons (Fsp3) is 0.333. The molecule has 8 heteroatoms. The van der Waals surface area contributed by atoms with Crippen LogP contribution in [0.15, 0.2) is 46.2 Å². The average Bonchev–Trinajstić information content (AvgIpc) is 2.66. The van der Waals surface area contributed by atoms with E-state index in [4.69, 9.17) is 0 Å². The van der Waals surface area contributed by atoms with E-state index in [1.807, 2.05) is 26.0 Å². The summed E-state index contributed by atoms with van der Waals surface area (Å²) in [5.41, 5.74) is 3.17. The van der Waals surface area contributed by atoms with Crippen molar-refractivity contribution in [3.8, 4) is 0 Å². The van der Waals surface area contributed by atoms with Gasteiger partial charge in [0.1, 0.15) is 0 Å². The number of amides is 2. The lowest BCUT2D eigenvalue weighted by Gasteiger charge is -2.22. The molecule has 2 amide bonds. The average molecular weight is 433 g/mol. The van der Waals surface area contributed by atoms with Crippen molar-refractivity contribution in [3.63, 3.8) is 0 Å². The monoisotopic (exact) mass is 432 g/mol. The van der Waals surface area contributed by atoms with E-state index in [9.17, 15) is 18.0 Å². The van der Waals surface area contributed by atoms with Crippen molar-refractivity contribution in [2.75, 3.05) is 10.6 Å². The van der Waals surface area contributed by atoms with Crippen LogP contribution < -0.4 is 10.6 Å². The van der Waals surface area contributed by atoms with Crippen LogP contribution in [-0.2, 0) is 19.4 Å². The molecule has 2 aromatic rings. The number of carbonyl (C=O) groups excluding carboxylic acids is 2. The lowest BCUT2D eigenvalue weighted by Crippen LogP contribution is -2.27. The van der Waals surface area contributed by atoms with Gasteiger partial charge in [0.15, 0.2) is 9.84 Å². The van der Waals surface area contributed by atoms with Crippen molar-refractivity contribution in [1.82, 2.24) is 0 Å². The molecule has 1 aliphatic rings. The van der Waals surface area contributed by atoms with E-state index in [0.29, 0.717) is 11.4 Å². The van der Waals surface area contributed by atoms with Gasteiger partial charge in [-0.1, -0.05) is 12.1 Å². The van der Waals surface area contributed by atoms with E-state index in [1.54, 1.807) is 19.1 Å². The molecule has 1 aliphatic heterocycles. The molecule has 0 bridgehead atoms. The number of anilines is 2. The van der Waals surface area contributed by atoms with Crippen LogP contribution in [0, 0.1) is 13.8 Å². The minimum Gasteiger partial charge on any atom is -0.326 e. The zero-order valence-electron chi connectivity index (χ0n) is 16.8. The Bertz CT molecular complexity index is 1080. The molecule has 2 N–H and O–H groups in total. The van der Waals surface area contributed by atoms with E-state index < -0.39 is 15.1 Å². The highest BCUT2D eigenvalue weighted by Crippen LogP contribution is 2.37. The minimum atomic E-state index is -3.73. The molecule has 0 spiro atoms. The number of carbonyl (C=O) groups is 2. The Morgan fingerprint density at radius 2 is 1.97 bits per heavy atom. The van der Waals surface area contributed by atoms with Gasteiger partial charge >= 0.3 is 0 Å². The number of hydrogen-bond donors (Lipinski definition) is 2. The van der Waals surface area contributed by atoms with E-state index in [0.717, 1.165) is 16.0 Å². The van der Waals surface area contributed by atoms with Crippen LogP contribution in [0.3, 0.4) is 0 Å². The number of nitrogens with one attached hydrogen (secondary N) is 2. The maximum atomic E-state index is 13.0. The van der Waals surface area contributed by atoms with Crippen molar-refractivity contribution in [2.24, 2.45) is 0 Å². The fourth-order valence-electron chi connectivity index (χ4n) is 3.06. The third-order valence-electron chi connectivity index (χ3n) is 5.09. The summed E-state index contributed by atoms with van der Waals surface area (Å²) in [6.45, 7) is 7.18. The third-order valence-corrected chi connectivity index (χ3v) is 8.41.